The number of unbranched alkanes of at least 4 members (excludes halogenated alkanes) is 2. The quantitative estimate of drug-likeness (QED) is 0.703. The molecule has 0 spiro atoms. The Morgan fingerprint density at radius 3 is 3.00 bits per heavy atom. The summed E-state index contributed by atoms with van der Waals surface area (Å²) in [6.07, 6.45) is 8.91. The van der Waals surface area contributed by atoms with E-state index in [1.165, 1.54) is 24.0 Å². The van der Waals surface area contributed by atoms with Crippen LogP contribution in [0.2, 0.25) is 0 Å². The summed E-state index contributed by atoms with van der Waals surface area (Å²) in [5, 5.41) is 0. The molecule has 1 atom stereocenters. The van der Waals surface area contributed by atoms with Gasteiger partial charge in [-0.15, -0.1) is 0 Å². The number of rotatable bonds is 4. The van der Waals surface area contributed by atoms with E-state index in [0.717, 1.165) is 18.4 Å². The summed E-state index contributed by atoms with van der Waals surface area (Å²) < 4.78 is 0. The Morgan fingerprint density at radius 1 is 1.41 bits per heavy atom. The average Bonchev–Trinajstić information content (AvgIpc) is 2.62. The summed E-state index contributed by atoms with van der Waals surface area (Å²) in [4.78, 5) is 11.9. The summed E-state index contributed by atoms with van der Waals surface area (Å²) in [6, 6.07) is 6.07. The number of allylic oxidation sites excluding steroid dienone is 1. The van der Waals surface area contributed by atoms with Crippen LogP contribution in [0, 0.1) is 5.92 Å². The van der Waals surface area contributed by atoms with Crippen molar-refractivity contribution in [1.29, 1.82) is 0 Å². The van der Waals surface area contributed by atoms with Crippen molar-refractivity contribution >= 4 is 11.9 Å². The molecule has 0 N–H and O–H groups in total. The molecule has 1 aromatic rings. The molecule has 0 aliphatic heterocycles. The monoisotopic (exact) mass is 228 g/mol. The van der Waals surface area contributed by atoms with Gasteiger partial charge in [0, 0.05) is 11.5 Å². The van der Waals surface area contributed by atoms with E-state index >= 15 is 0 Å². The van der Waals surface area contributed by atoms with Crippen molar-refractivity contribution in [2.24, 2.45) is 5.92 Å². The molecule has 17 heavy (non-hydrogen) atoms. The highest BCUT2D eigenvalue weighted by Gasteiger charge is 2.27. The number of hydrogen-bond donors (Lipinski definition) is 0. The third-order valence-corrected chi connectivity index (χ3v) is 3.46. The van der Waals surface area contributed by atoms with Gasteiger partial charge in [0.05, 0.1) is 0 Å². The van der Waals surface area contributed by atoms with E-state index < -0.39 is 0 Å². The smallest absolute Gasteiger partial charge is 0.166 e. The molecule has 1 aliphatic rings. The van der Waals surface area contributed by atoms with Crippen LogP contribution < -0.4 is 0 Å². The molecular weight excluding hydrogens is 208 g/mol. The van der Waals surface area contributed by atoms with Crippen molar-refractivity contribution < 1.29 is 4.79 Å². The molecule has 0 aromatic heterocycles. The maximum absolute atomic E-state index is 11.9. The zero-order valence-corrected chi connectivity index (χ0v) is 10.7. The van der Waals surface area contributed by atoms with Crippen molar-refractivity contribution in [2.75, 3.05) is 0 Å². The van der Waals surface area contributed by atoms with Crippen LogP contribution in [-0.2, 0) is 6.42 Å². The first-order valence-electron chi connectivity index (χ1n) is 6.56. The zero-order valence-electron chi connectivity index (χ0n) is 10.7. The minimum absolute atomic E-state index is 0.162. The first kappa shape index (κ1) is 12.1. The van der Waals surface area contributed by atoms with Crippen molar-refractivity contribution in [3.05, 3.63) is 41.0 Å². The van der Waals surface area contributed by atoms with E-state index in [0.29, 0.717) is 5.78 Å². The van der Waals surface area contributed by atoms with Gasteiger partial charge in [0.1, 0.15) is 0 Å². The lowest BCUT2D eigenvalue weighted by atomic mass is 10.0. The lowest BCUT2D eigenvalue weighted by molar-refractivity contribution is 0.0946. The van der Waals surface area contributed by atoms with Crippen molar-refractivity contribution in [3.63, 3.8) is 0 Å². The second-order valence-electron chi connectivity index (χ2n) is 4.89. The number of benzene rings is 1. The molecule has 1 aliphatic carbocycles. The van der Waals surface area contributed by atoms with E-state index in [1.54, 1.807) is 0 Å². The molecule has 1 aromatic carbocycles. The second kappa shape index (κ2) is 5.31. The van der Waals surface area contributed by atoms with Gasteiger partial charge < -0.3 is 0 Å². The predicted octanol–water partition coefficient (Wildman–Crippen LogP) is 4.26. The first-order valence-corrected chi connectivity index (χ1v) is 6.56. The largest absolute Gasteiger partial charge is 0.294 e. The van der Waals surface area contributed by atoms with Crippen LogP contribution in [0.5, 0.6) is 0 Å². The normalized spacial score (nSPS) is 18.9. The minimum Gasteiger partial charge on any atom is -0.294 e. The molecule has 0 fully saturated rings. The van der Waals surface area contributed by atoms with Crippen molar-refractivity contribution in [2.45, 2.75) is 39.5 Å². The fourth-order valence-corrected chi connectivity index (χ4v) is 2.42. The van der Waals surface area contributed by atoms with Crippen molar-refractivity contribution in [1.82, 2.24) is 0 Å². The summed E-state index contributed by atoms with van der Waals surface area (Å²) in [6.45, 7) is 4.22. The molecule has 0 amide bonds. The van der Waals surface area contributed by atoms with Crippen LogP contribution in [0.15, 0.2) is 24.3 Å². The molecule has 0 bridgehead atoms. The maximum atomic E-state index is 11.9. The van der Waals surface area contributed by atoms with Gasteiger partial charge in [0.15, 0.2) is 5.78 Å². The number of carbonyl (C=O) groups excluding carboxylic acids is 1. The summed E-state index contributed by atoms with van der Waals surface area (Å²) in [7, 11) is 0. The number of fused-ring (bicyclic) bond motifs is 1. The van der Waals surface area contributed by atoms with Crippen LogP contribution in [-0.4, -0.2) is 5.78 Å². The third-order valence-electron chi connectivity index (χ3n) is 3.46. The Balaban J connectivity index is 2.21. The van der Waals surface area contributed by atoms with Gasteiger partial charge in [-0.25, -0.2) is 0 Å². The number of Topliss-reactive ketones (excluding diaryl/α,β-unsaturated/α-hetero) is 1. The summed E-state index contributed by atoms with van der Waals surface area (Å²) >= 11 is 0. The van der Waals surface area contributed by atoms with Crippen LogP contribution in [0.4, 0.5) is 0 Å². The molecule has 0 saturated heterocycles. The Labute approximate surface area is 104 Å². The van der Waals surface area contributed by atoms with E-state index in [9.17, 15) is 4.79 Å². The SMILES string of the molecule is CCCCC=Cc1cccc2c1CC(C)C2=O. The Hall–Kier alpha value is -1.37. The van der Waals surface area contributed by atoms with Crippen molar-refractivity contribution in [3.8, 4) is 0 Å². The third kappa shape index (κ3) is 2.49. The molecule has 0 saturated carbocycles. The van der Waals surface area contributed by atoms with Gasteiger partial charge in [-0.2, -0.15) is 0 Å². The number of carbonyl (C=O) groups is 1. The zero-order chi connectivity index (χ0) is 12.3. The Kier molecular flexibility index (Phi) is 3.78. The lowest BCUT2D eigenvalue weighted by Gasteiger charge is -2.02. The highest BCUT2D eigenvalue weighted by atomic mass is 16.1. The molecule has 1 nitrogen and oxygen atoms in total. The summed E-state index contributed by atoms with van der Waals surface area (Å²) in [5.74, 6) is 0.471. The fourth-order valence-electron chi connectivity index (χ4n) is 2.42. The first-order chi connectivity index (χ1) is 8.24. The molecule has 2 rings (SSSR count). The van der Waals surface area contributed by atoms with E-state index in [2.05, 4.69) is 25.1 Å². The van der Waals surface area contributed by atoms with Gasteiger partial charge in [0.2, 0.25) is 0 Å². The van der Waals surface area contributed by atoms with Crippen LogP contribution >= 0.6 is 0 Å². The minimum atomic E-state index is 0.162. The van der Waals surface area contributed by atoms with E-state index in [4.69, 9.17) is 0 Å². The fraction of sp³-hybridized carbons (Fsp3) is 0.438. The van der Waals surface area contributed by atoms with E-state index in [-0.39, 0.29) is 5.92 Å². The predicted molar refractivity (Wildman–Crippen MR) is 72.2 cm³/mol. The average molecular weight is 228 g/mol. The topological polar surface area (TPSA) is 17.1 Å². The summed E-state index contributed by atoms with van der Waals surface area (Å²) in [5.41, 5.74) is 3.42. The number of hydrogen-bond acceptors (Lipinski definition) is 1. The van der Waals surface area contributed by atoms with Gasteiger partial charge in [0.25, 0.3) is 0 Å². The molecule has 1 unspecified atom stereocenters. The van der Waals surface area contributed by atoms with Gasteiger partial charge >= 0.3 is 0 Å². The molecule has 1 heteroatoms. The molecular formula is C16H20O. The van der Waals surface area contributed by atoms with Gasteiger partial charge in [-0.3, -0.25) is 4.79 Å². The molecule has 90 valence electrons. The Morgan fingerprint density at radius 2 is 2.24 bits per heavy atom. The Bertz CT molecular complexity index is 443. The lowest BCUT2D eigenvalue weighted by Crippen LogP contribution is -2.02. The molecule has 0 radical (unpaired) electrons. The highest BCUT2D eigenvalue weighted by Crippen LogP contribution is 2.29. The molecule has 0 heterocycles. The van der Waals surface area contributed by atoms with Gasteiger partial charge in [-0.05, 0) is 24.0 Å². The number of ketones is 1. The second-order valence-corrected chi connectivity index (χ2v) is 4.89. The highest BCUT2D eigenvalue weighted by molar-refractivity contribution is 6.02. The van der Waals surface area contributed by atoms with Crippen LogP contribution in [0.25, 0.3) is 6.08 Å². The van der Waals surface area contributed by atoms with Gasteiger partial charge in [-0.1, -0.05) is 57.0 Å². The van der Waals surface area contributed by atoms with Crippen LogP contribution in [0.3, 0.4) is 0 Å². The van der Waals surface area contributed by atoms with E-state index in [1.807, 2.05) is 19.1 Å². The van der Waals surface area contributed by atoms with Crippen LogP contribution in [0.1, 0.15) is 54.6 Å². The standard InChI is InChI=1S/C16H20O/c1-3-4-5-6-8-13-9-7-10-14-15(13)11-12(2)16(14)17/h6-10,12H,3-5,11H2,1-2H3. The maximum Gasteiger partial charge on any atom is 0.166 e.